The molecule has 1 fully saturated rings. The zero-order valence-corrected chi connectivity index (χ0v) is 14.8. The number of hydrogen-bond acceptors (Lipinski definition) is 5. The Morgan fingerprint density at radius 3 is 2.64 bits per heavy atom. The van der Waals surface area contributed by atoms with Crippen molar-refractivity contribution in [3.8, 4) is 5.75 Å². The van der Waals surface area contributed by atoms with Crippen molar-refractivity contribution in [2.24, 2.45) is 0 Å². The summed E-state index contributed by atoms with van der Waals surface area (Å²) >= 11 is 0. The number of nitrogens with zero attached hydrogens (tertiary/aromatic N) is 2. The maximum atomic E-state index is 10.3. The largest absolute Gasteiger partial charge is 0.497 e. The normalized spacial score (nSPS) is 17.4. The van der Waals surface area contributed by atoms with Gasteiger partial charge in [0.05, 0.1) is 13.2 Å². The van der Waals surface area contributed by atoms with Crippen LogP contribution in [-0.4, -0.2) is 47.8 Å². The van der Waals surface area contributed by atoms with Gasteiger partial charge in [0.15, 0.2) is 0 Å². The van der Waals surface area contributed by atoms with Crippen LogP contribution in [0.15, 0.2) is 48.8 Å². The van der Waals surface area contributed by atoms with E-state index in [4.69, 9.17) is 4.74 Å². The molecule has 1 aromatic carbocycles. The maximum Gasteiger partial charge on any atom is 0.118 e. The molecule has 5 heteroatoms. The third kappa shape index (κ3) is 5.26. The second-order valence-electron chi connectivity index (χ2n) is 6.61. The molecule has 1 saturated heterocycles. The molecule has 0 saturated carbocycles. The van der Waals surface area contributed by atoms with E-state index in [0.717, 1.165) is 43.8 Å². The molecule has 2 aromatic rings. The lowest BCUT2D eigenvalue weighted by Crippen LogP contribution is -2.43. The van der Waals surface area contributed by atoms with Gasteiger partial charge in [-0.15, -0.1) is 0 Å². The number of hydrogen-bond donors (Lipinski definition) is 2. The molecule has 0 amide bonds. The Morgan fingerprint density at radius 1 is 1.24 bits per heavy atom. The SMILES string of the molecule is COc1ccc(C(O)CNC2CCN(Cc3cccnc3)CC2)cc1. The summed E-state index contributed by atoms with van der Waals surface area (Å²) < 4.78 is 5.15. The fraction of sp³-hybridized carbons (Fsp3) is 0.450. The number of nitrogens with one attached hydrogen (secondary N) is 1. The van der Waals surface area contributed by atoms with E-state index in [0.29, 0.717) is 12.6 Å². The van der Waals surface area contributed by atoms with Crippen molar-refractivity contribution in [3.05, 3.63) is 59.9 Å². The Labute approximate surface area is 149 Å². The summed E-state index contributed by atoms with van der Waals surface area (Å²) in [6.07, 6.45) is 5.48. The maximum absolute atomic E-state index is 10.3. The highest BCUT2D eigenvalue weighted by atomic mass is 16.5. The molecule has 1 aliphatic rings. The molecule has 0 aliphatic carbocycles. The van der Waals surface area contributed by atoms with Crippen molar-refractivity contribution in [1.82, 2.24) is 15.2 Å². The van der Waals surface area contributed by atoms with Gasteiger partial charge in [0.2, 0.25) is 0 Å². The first-order valence-corrected chi connectivity index (χ1v) is 8.91. The molecule has 0 spiro atoms. The van der Waals surface area contributed by atoms with Crippen LogP contribution < -0.4 is 10.1 Å². The van der Waals surface area contributed by atoms with Gasteiger partial charge in [0.1, 0.15) is 5.75 Å². The van der Waals surface area contributed by atoms with Crippen molar-refractivity contribution < 1.29 is 9.84 Å². The van der Waals surface area contributed by atoms with Gasteiger partial charge in [0, 0.05) is 31.5 Å². The van der Waals surface area contributed by atoms with E-state index >= 15 is 0 Å². The van der Waals surface area contributed by atoms with E-state index in [1.54, 1.807) is 7.11 Å². The van der Waals surface area contributed by atoms with Crippen molar-refractivity contribution in [2.45, 2.75) is 31.5 Å². The molecular weight excluding hydrogens is 314 g/mol. The van der Waals surface area contributed by atoms with Gasteiger partial charge in [-0.25, -0.2) is 0 Å². The second kappa shape index (κ2) is 8.94. The Balaban J connectivity index is 1.39. The van der Waals surface area contributed by atoms with Gasteiger partial charge < -0.3 is 15.2 Å². The molecule has 0 bridgehead atoms. The third-order valence-electron chi connectivity index (χ3n) is 4.82. The van der Waals surface area contributed by atoms with Crippen molar-refractivity contribution >= 4 is 0 Å². The number of ether oxygens (including phenoxy) is 1. The minimum Gasteiger partial charge on any atom is -0.497 e. The highest BCUT2D eigenvalue weighted by Crippen LogP contribution is 2.18. The molecule has 5 nitrogen and oxygen atoms in total. The van der Waals surface area contributed by atoms with E-state index in [2.05, 4.69) is 21.3 Å². The lowest BCUT2D eigenvalue weighted by atomic mass is 10.0. The summed E-state index contributed by atoms with van der Waals surface area (Å²) in [7, 11) is 1.65. The van der Waals surface area contributed by atoms with E-state index in [-0.39, 0.29) is 0 Å². The number of aliphatic hydroxyl groups is 1. The van der Waals surface area contributed by atoms with Crippen molar-refractivity contribution in [2.75, 3.05) is 26.7 Å². The molecule has 1 unspecified atom stereocenters. The number of likely N-dealkylation sites (tertiary alicyclic amines) is 1. The highest BCUT2D eigenvalue weighted by molar-refractivity contribution is 5.28. The number of methoxy groups -OCH3 is 1. The van der Waals surface area contributed by atoms with Crippen LogP contribution in [0, 0.1) is 0 Å². The van der Waals surface area contributed by atoms with E-state index in [1.807, 2.05) is 42.7 Å². The lowest BCUT2D eigenvalue weighted by molar-refractivity contribution is 0.149. The van der Waals surface area contributed by atoms with Gasteiger partial charge in [-0.1, -0.05) is 18.2 Å². The molecule has 1 atom stereocenters. The number of aliphatic hydroxyl groups excluding tert-OH is 1. The van der Waals surface area contributed by atoms with Crippen molar-refractivity contribution in [3.63, 3.8) is 0 Å². The van der Waals surface area contributed by atoms with Crippen LogP contribution in [0.5, 0.6) is 5.75 Å². The molecule has 3 rings (SSSR count). The number of piperidine rings is 1. The molecule has 134 valence electrons. The molecule has 2 heterocycles. The molecule has 1 aliphatic heterocycles. The topological polar surface area (TPSA) is 57.6 Å². The Kier molecular flexibility index (Phi) is 6.39. The fourth-order valence-electron chi connectivity index (χ4n) is 3.27. The molecule has 1 aromatic heterocycles. The third-order valence-corrected chi connectivity index (χ3v) is 4.82. The monoisotopic (exact) mass is 341 g/mol. The van der Waals surface area contributed by atoms with Crippen LogP contribution in [0.2, 0.25) is 0 Å². The standard InChI is InChI=1S/C20H27N3O2/c1-25-19-6-4-17(5-7-19)20(24)14-22-18-8-11-23(12-9-18)15-16-3-2-10-21-13-16/h2-7,10,13,18,20,22,24H,8-9,11-12,14-15H2,1H3. The number of pyridine rings is 1. The lowest BCUT2D eigenvalue weighted by Gasteiger charge is -2.32. The van der Waals surface area contributed by atoms with Gasteiger partial charge in [-0.05, 0) is 55.3 Å². The molecule has 2 N–H and O–H groups in total. The predicted octanol–water partition coefficient (Wildman–Crippen LogP) is 2.38. The zero-order valence-electron chi connectivity index (χ0n) is 14.8. The summed E-state index contributed by atoms with van der Waals surface area (Å²) in [5, 5.41) is 13.9. The van der Waals surface area contributed by atoms with Crippen molar-refractivity contribution in [1.29, 1.82) is 0 Å². The van der Waals surface area contributed by atoms with Crippen LogP contribution >= 0.6 is 0 Å². The first-order chi connectivity index (χ1) is 12.2. The van der Waals surface area contributed by atoms with Crippen LogP contribution in [0.4, 0.5) is 0 Å². The Bertz CT molecular complexity index is 625. The van der Waals surface area contributed by atoms with Gasteiger partial charge in [0.25, 0.3) is 0 Å². The fourth-order valence-corrected chi connectivity index (χ4v) is 3.27. The average Bonchev–Trinajstić information content (AvgIpc) is 2.68. The Morgan fingerprint density at radius 2 is 2.00 bits per heavy atom. The minimum atomic E-state index is -0.487. The first-order valence-electron chi connectivity index (χ1n) is 8.91. The average molecular weight is 341 g/mol. The number of benzene rings is 1. The quantitative estimate of drug-likeness (QED) is 0.810. The highest BCUT2D eigenvalue weighted by Gasteiger charge is 2.20. The summed E-state index contributed by atoms with van der Waals surface area (Å²) in [6.45, 7) is 3.70. The van der Waals surface area contributed by atoms with Gasteiger partial charge in [-0.3, -0.25) is 9.88 Å². The molecule has 25 heavy (non-hydrogen) atoms. The molecule has 0 radical (unpaired) electrons. The van der Waals surface area contributed by atoms with E-state index in [1.165, 1.54) is 5.56 Å². The van der Waals surface area contributed by atoms with Crippen LogP contribution in [0.25, 0.3) is 0 Å². The summed E-state index contributed by atoms with van der Waals surface area (Å²) in [5.74, 6) is 0.810. The van der Waals surface area contributed by atoms with E-state index in [9.17, 15) is 5.11 Å². The smallest absolute Gasteiger partial charge is 0.118 e. The number of aromatic nitrogens is 1. The number of rotatable bonds is 7. The Hall–Kier alpha value is -1.95. The van der Waals surface area contributed by atoms with Crippen LogP contribution in [-0.2, 0) is 6.54 Å². The van der Waals surface area contributed by atoms with E-state index < -0.39 is 6.10 Å². The van der Waals surface area contributed by atoms with Crippen LogP contribution in [0.3, 0.4) is 0 Å². The summed E-state index contributed by atoms with van der Waals surface area (Å²) in [5.41, 5.74) is 2.19. The zero-order chi connectivity index (χ0) is 17.5. The molecular formula is C20H27N3O2. The van der Waals surface area contributed by atoms with Gasteiger partial charge in [-0.2, -0.15) is 0 Å². The second-order valence-corrected chi connectivity index (χ2v) is 6.61. The minimum absolute atomic E-state index is 0.470. The predicted molar refractivity (Wildman–Crippen MR) is 98.5 cm³/mol. The summed E-state index contributed by atoms with van der Waals surface area (Å²) in [4.78, 5) is 6.65. The van der Waals surface area contributed by atoms with Crippen LogP contribution in [0.1, 0.15) is 30.1 Å². The van der Waals surface area contributed by atoms with Gasteiger partial charge >= 0.3 is 0 Å². The summed E-state index contributed by atoms with van der Waals surface area (Å²) in [6, 6.07) is 12.2. The first kappa shape index (κ1) is 17.9.